The van der Waals surface area contributed by atoms with Crippen LogP contribution >= 0.6 is 0 Å². The molecule has 3 heterocycles. The van der Waals surface area contributed by atoms with Crippen molar-refractivity contribution in [3.63, 3.8) is 0 Å². The first-order valence-corrected chi connectivity index (χ1v) is 16.0. The summed E-state index contributed by atoms with van der Waals surface area (Å²) in [6, 6.07) is 44.1. The fourth-order valence-electron chi connectivity index (χ4n) is 6.11. The second-order valence-corrected chi connectivity index (χ2v) is 11.8. The van der Waals surface area contributed by atoms with Crippen molar-refractivity contribution in [1.82, 2.24) is 19.9 Å². The van der Waals surface area contributed by atoms with E-state index in [1.807, 2.05) is 24.5 Å². The highest BCUT2D eigenvalue weighted by atomic mass is 14.9. The molecular formula is C43H31N5. The smallest absolute Gasteiger partial charge is 0.159 e. The lowest BCUT2D eigenvalue weighted by atomic mass is 9.97. The van der Waals surface area contributed by atoms with Gasteiger partial charge in [-0.1, -0.05) is 121 Å². The number of allylic oxidation sites excluding steroid dienone is 1. The molecule has 8 rings (SSSR count). The minimum Gasteiger partial charge on any atom is -0.396 e. The van der Waals surface area contributed by atoms with Gasteiger partial charge in [0.25, 0.3) is 0 Å². The Morgan fingerprint density at radius 2 is 1.27 bits per heavy atom. The molecule has 0 atom stereocenters. The SMILES string of the molecule is Nc1c(/C=C\Cc2ccc(-c3ncc(-c4ccncc4)cn3)cc2)ccc2ccc(-c3ccc(-c4cccc5ccccc45)cc3)nc12. The van der Waals surface area contributed by atoms with E-state index in [1.54, 1.807) is 12.4 Å². The average Bonchev–Trinajstić information content (AvgIpc) is 3.16. The van der Waals surface area contributed by atoms with Crippen molar-refractivity contribution in [1.29, 1.82) is 0 Å². The number of nitrogen functional groups attached to an aromatic ring is 1. The first-order chi connectivity index (χ1) is 23.7. The highest BCUT2D eigenvalue weighted by molar-refractivity contribution is 5.97. The van der Waals surface area contributed by atoms with E-state index in [1.165, 1.54) is 27.5 Å². The molecule has 5 aromatic carbocycles. The molecule has 0 aliphatic carbocycles. The van der Waals surface area contributed by atoms with Gasteiger partial charge in [-0.05, 0) is 63.2 Å². The molecule has 228 valence electrons. The van der Waals surface area contributed by atoms with Crippen LogP contribution in [0.15, 0.2) is 158 Å². The molecule has 0 unspecified atom stereocenters. The average molecular weight is 618 g/mol. The number of pyridine rings is 2. The minimum absolute atomic E-state index is 0.681. The normalized spacial score (nSPS) is 11.4. The molecule has 8 aromatic rings. The molecule has 0 saturated heterocycles. The molecular weight excluding hydrogens is 587 g/mol. The quantitative estimate of drug-likeness (QED) is 0.180. The van der Waals surface area contributed by atoms with Crippen molar-refractivity contribution >= 4 is 33.4 Å². The topological polar surface area (TPSA) is 77.6 Å². The van der Waals surface area contributed by atoms with Gasteiger partial charge in [0, 0.05) is 46.9 Å². The highest BCUT2D eigenvalue weighted by Gasteiger charge is 2.09. The molecule has 2 N–H and O–H groups in total. The molecule has 48 heavy (non-hydrogen) atoms. The van der Waals surface area contributed by atoms with Crippen LogP contribution < -0.4 is 5.73 Å². The number of nitrogens with zero attached hydrogens (tertiary/aromatic N) is 4. The number of anilines is 1. The predicted molar refractivity (Wildman–Crippen MR) is 198 cm³/mol. The van der Waals surface area contributed by atoms with Gasteiger partial charge in [-0.3, -0.25) is 4.98 Å². The van der Waals surface area contributed by atoms with E-state index >= 15 is 0 Å². The Balaban J connectivity index is 0.975. The molecule has 0 spiro atoms. The van der Waals surface area contributed by atoms with Crippen LogP contribution in [0.3, 0.4) is 0 Å². The summed E-state index contributed by atoms with van der Waals surface area (Å²) in [5.74, 6) is 0.700. The Morgan fingerprint density at radius 1 is 0.562 bits per heavy atom. The third kappa shape index (κ3) is 5.81. The van der Waals surface area contributed by atoms with Crippen LogP contribution in [0.1, 0.15) is 11.1 Å². The fraction of sp³-hybridized carbons (Fsp3) is 0.0233. The van der Waals surface area contributed by atoms with Crippen molar-refractivity contribution in [3.8, 4) is 44.9 Å². The Kier molecular flexibility index (Phi) is 7.69. The van der Waals surface area contributed by atoms with Crippen LogP contribution in [0.4, 0.5) is 5.69 Å². The monoisotopic (exact) mass is 617 g/mol. The summed E-state index contributed by atoms with van der Waals surface area (Å²) in [5.41, 5.74) is 17.7. The minimum atomic E-state index is 0.681. The van der Waals surface area contributed by atoms with E-state index < -0.39 is 0 Å². The number of aromatic nitrogens is 4. The molecule has 0 aliphatic heterocycles. The number of hydrogen-bond donors (Lipinski definition) is 1. The van der Waals surface area contributed by atoms with E-state index in [2.05, 4.69) is 142 Å². The fourth-order valence-corrected chi connectivity index (χ4v) is 6.11. The molecule has 0 aliphatic rings. The zero-order valence-corrected chi connectivity index (χ0v) is 26.2. The van der Waals surface area contributed by atoms with Gasteiger partial charge in [0.1, 0.15) is 0 Å². The Hall–Kier alpha value is -6.46. The molecule has 0 amide bonds. The molecule has 0 bridgehead atoms. The maximum atomic E-state index is 6.70. The Labute approximate surface area is 279 Å². The lowest BCUT2D eigenvalue weighted by molar-refractivity contribution is 1.17. The number of rotatable bonds is 7. The van der Waals surface area contributed by atoms with E-state index in [0.29, 0.717) is 11.5 Å². The summed E-state index contributed by atoms with van der Waals surface area (Å²) in [6.07, 6.45) is 12.2. The van der Waals surface area contributed by atoms with Crippen LogP contribution in [0, 0.1) is 0 Å². The van der Waals surface area contributed by atoms with Crippen molar-refractivity contribution in [2.24, 2.45) is 0 Å². The number of hydrogen-bond acceptors (Lipinski definition) is 5. The van der Waals surface area contributed by atoms with Gasteiger partial charge in [-0.15, -0.1) is 0 Å². The van der Waals surface area contributed by atoms with Crippen LogP contribution in [0.2, 0.25) is 0 Å². The van der Waals surface area contributed by atoms with Gasteiger partial charge in [0.05, 0.1) is 16.9 Å². The van der Waals surface area contributed by atoms with E-state index in [-0.39, 0.29) is 0 Å². The summed E-state index contributed by atoms with van der Waals surface area (Å²) >= 11 is 0. The second-order valence-electron chi connectivity index (χ2n) is 11.8. The van der Waals surface area contributed by atoms with Gasteiger partial charge in [0.2, 0.25) is 0 Å². The van der Waals surface area contributed by atoms with Gasteiger partial charge >= 0.3 is 0 Å². The highest BCUT2D eigenvalue weighted by Crippen LogP contribution is 2.32. The van der Waals surface area contributed by atoms with Gasteiger partial charge in [0.15, 0.2) is 5.82 Å². The maximum absolute atomic E-state index is 6.70. The summed E-state index contributed by atoms with van der Waals surface area (Å²) in [4.78, 5) is 18.2. The van der Waals surface area contributed by atoms with Gasteiger partial charge in [-0.2, -0.15) is 0 Å². The molecule has 3 aromatic heterocycles. The molecule has 5 heteroatoms. The summed E-state index contributed by atoms with van der Waals surface area (Å²) < 4.78 is 0. The van der Waals surface area contributed by atoms with E-state index in [9.17, 15) is 0 Å². The molecule has 0 saturated carbocycles. The molecule has 0 fully saturated rings. The summed E-state index contributed by atoms with van der Waals surface area (Å²) in [5, 5.41) is 3.51. The van der Waals surface area contributed by atoms with Crippen LogP contribution in [0.5, 0.6) is 0 Å². The largest absolute Gasteiger partial charge is 0.396 e. The zero-order valence-electron chi connectivity index (χ0n) is 26.2. The van der Waals surface area contributed by atoms with Crippen molar-refractivity contribution < 1.29 is 0 Å². The van der Waals surface area contributed by atoms with Gasteiger partial charge in [-0.25, -0.2) is 15.0 Å². The van der Waals surface area contributed by atoms with Crippen LogP contribution in [-0.2, 0) is 6.42 Å². The van der Waals surface area contributed by atoms with Crippen LogP contribution in [0.25, 0.3) is 72.7 Å². The third-order valence-electron chi connectivity index (χ3n) is 8.74. The first-order valence-electron chi connectivity index (χ1n) is 16.0. The third-order valence-corrected chi connectivity index (χ3v) is 8.74. The summed E-state index contributed by atoms with van der Waals surface area (Å²) in [7, 11) is 0. The van der Waals surface area contributed by atoms with Gasteiger partial charge < -0.3 is 5.73 Å². The summed E-state index contributed by atoms with van der Waals surface area (Å²) in [6.45, 7) is 0. The lowest BCUT2D eigenvalue weighted by Crippen LogP contribution is -1.95. The molecule has 0 radical (unpaired) electrons. The van der Waals surface area contributed by atoms with Crippen LogP contribution in [-0.4, -0.2) is 19.9 Å². The van der Waals surface area contributed by atoms with E-state index in [0.717, 1.165) is 50.8 Å². The van der Waals surface area contributed by atoms with Crippen molar-refractivity contribution in [2.45, 2.75) is 6.42 Å². The zero-order chi connectivity index (χ0) is 32.3. The second kappa shape index (κ2) is 12.7. The first kappa shape index (κ1) is 29.0. The van der Waals surface area contributed by atoms with Crippen molar-refractivity contribution in [2.75, 3.05) is 5.73 Å². The lowest BCUT2D eigenvalue weighted by Gasteiger charge is -2.10. The maximum Gasteiger partial charge on any atom is 0.159 e. The van der Waals surface area contributed by atoms with E-state index in [4.69, 9.17) is 10.7 Å². The molecule has 5 nitrogen and oxygen atoms in total. The standard InChI is InChI=1S/C43H31N5/c44-41-34(8-3-5-29-11-13-36(14-12-29)43-46-27-37(28-47-43)30-23-25-45-26-24-30)19-20-35-21-22-40(48-42(35)41)33-17-15-32(16-18-33)39-10-4-7-31-6-1-2-9-38(31)39/h1-4,6-28H,5,44H2/b8-3-. The number of fused-ring (bicyclic) bond motifs is 2. The number of nitrogens with two attached hydrogens (primary N) is 1. The Bertz CT molecular complexity index is 2390. The number of benzene rings is 5. The Morgan fingerprint density at radius 3 is 2.08 bits per heavy atom. The predicted octanol–water partition coefficient (Wildman–Crippen LogP) is 10.1. The van der Waals surface area contributed by atoms with Crippen molar-refractivity contribution in [3.05, 3.63) is 169 Å².